The van der Waals surface area contributed by atoms with E-state index in [2.05, 4.69) is 15.0 Å². The van der Waals surface area contributed by atoms with E-state index in [0.717, 1.165) is 13.0 Å². The zero-order valence-electron chi connectivity index (χ0n) is 8.98. The summed E-state index contributed by atoms with van der Waals surface area (Å²) in [4.78, 5) is 3.66. The van der Waals surface area contributed by atoms with Crippen LogP contribution in [0, 0.1) is 0 Å². The highest BCUT2D eigenvalue weighted by Gasteiger charge is 2.25. The lowest BCUT2D eigenvalue weighted by atomic mass is 10.3. The number of halogens is 1. The first kappa shape index (κ1) is 12.6. The van der Waals surface area contributed by atoms with E-state index >= 15 is 0 Å². The van der Waals surface area contributed by atoms with Gasteiger partial charge in [-0.3, -0.25) is 0 Å². The largest absolute Gasteiger partial charge is 0.383 e. The molecule has 8 heteroatoms. The van der Waals surface area contributed by atoms with Crippen molar-refractivity contribution in [1.82, 2.24) is 15.0 Å². The van der Waals surface area contributed by atoms with Crippen LogP contribution < -0.4 is 15.8 Å². The summed E-state index contributed by atoms with van der Waals surface area (Å²) in [7, 11) is -3.66. The third-order valence-electron chi connectivity index (χ3n) is 2.52. The van der Waals surface area contributed by atoms with E-state index in [4.69, 9.17) is 17.3 Å². The summed E-state index contributed by atoms with van der Waals surface area (Å²) in [5.41, 5.74) is 5.55. The van der Waals surface area contributed by atoms with Crippen molar-refractivity contribution in [2.24, 2.45) is 0 Å². The van der Waals surface area contributed by atoms with Gasteiger partial charge in [-0.1, -0.05) is 11.6 Å². The lowest BCUT2D eigenvalue weighted by molar-refractivity contribution is 0.560. The highest BCUT2D eigenvalue weighted by molar-refractivity contribution is 7.89. The summed E-state index contributed by atoms with van der Waals surface area (Å²) in [5, 5.41) is 3.31. The van der Waals surface area contributed by atoms with Crippen LogP contribution in [-0.4, -0.2) is 32.5 Å². The van der Waals surface area contributed by atoms with Crippen LogP contribution in [0.3, 0.4) is 0 Å². The Morgan fingerprint density at radius 1 is 1.59 bits per heavy atom. The molecular weight excluding hydrogens is 264 g/mol. The summed E-state index contributed by atoms with van der Waals surface area (Å²) in [6.45, 7) is 1.42. The van der Waals surface area contributed by atoms with Gasteiger partial charge in [0.1, 0.15) is 10.7 Å². The SMILES string of the molecule is Nc1ncc(Cl)cc1S(=O)(=O)N[C@H]1CCNC1. The lowest BCUT2D eigenvalue weighted by Gasteiger charge is -2.13. The number of pyridine rings is 1. The van der Waals surface area contributed by atoms with Gasteiger partial charge in [0.15, 0.2) is 0 Å². The molecule has 1 atom stereocenters. The first-order valence-electron chi connectivity index (χ1n) is 5.13. The highest BCUT2D eigenvalue weighted by Crippen LogP contribution is 2.20. The Balaban J connectivity index is 2.27. The second-order valence-corrected chi connectivity index (χ2v) is 5.97. The van der Waals surface area contributed by atoms with E-state index in [0.29, 0.717) is 6.54 Å². The molecular formula is C9H13ClN4O2S. The van der Waals surface area contributed by atoms with Crippen LogP contribution in [0.4, 0.5) is 5.82 Å². The number of anilines is 1. The molecule has 0 unspecified atom stereocenters. The van der Waals surface area contributed by atoms with E-state index in [1.54, 1.807) is 0 Å². The Morgan fingerprint density at radius 2 is 2.35 bits per heavy atom. The average molecular weight is 277 g/mol. The average Bonchev–Trinajstić information content (AvgIpc) is 2.73. The summed E-state index contributed by atoms with van der Waals surface area (Å²) < 4.78 is 26.7. The molecule has 1 saturated heterocycles. The third kappa shape index (κ3) is 2.86. The van der Waals surface area contributed by atoms with E-state index in [1.807, 2.05) is 0 Å². The van der Waals surface area contributed by atoms with E-state index in [1.165, 1.54) is 12.3 Å². The second-order valence-electron chi connectivity index (χ2n) is 3.85. The Labute approximate surface area is 105 Å². The number of rotatable bonds is 3. The van der Waals surface area contributed by atoms with Gasteiger partial charge in [-0.05, 0) is 19.0 Å². The molecule has 0 aromatic carbocycles. The molecule has 2 heterocycles. The topological polar surface area (TPSA) is 97.1 Å². The fraction of sp³-hybridized carbons (Fsp3) is 0.444. The van der Waals surface area contributed by atoms with E-state index in [9.17, 15) is 8.42 Å². The monoisotopic (exact) mass is 276 g/mol. The number of aromatic nitrogens is 1. The van der Waals surface area contributed by atoms with Crippen molar-refractivity contribution >= 4 is 27.4 Å². The fourth-order valence-corrected chi connectivity index (χ4v) is 3.28. The van der Waals surface area contributed by atoms with Gasteiger partial charge in [0, 0.05) is 18.8 Å². The molecule has 17 heavy (non-hydrogen) atoms. The zero-order valence-corrected chi connectivity index (χ0v) is 10.6. The number of sulfonamides is 1. The number of nitrogens with one attached hydrogen (secondary N) is 2. The van der Waals surface area contributed by atoms with E-state index < -0.39 is 10.0 Å². The molecule has 0 saturated carbocycles. The Morgan fingerprint density at radius 3 is 3.00 bits per heavy atom. The molecule has 1 aliphatic rings. The molecule has 1 fully saturated rings. The normalized spacial score (nSPS) is 20.6. The molecule has 0 spiro atoms. The van der Waals surface area contributed by atoms with Crippen molar-refractivity contribution in [2.75, 3.05) is 18.8 Å². The Hall–Kier alpha value is -0.890. The Bertz CT molecular complexity index is 514. The van der Waals surface area contributed by atoms with Crippen LogP contribution in [0.15, 0.2) is 17.2 Å². The molecule has 94 valence electrons. The molecule has 1 aliphatic heterocycles. The first-order valence-corrected chi connectivity index (χ1v) is 6.99. The van der Waals surface area contributed by atoms with Crippen LogP contribution in [0.1, 0.15) is 6.42 Å². The van der Waals surface area contributed by atoms with Crippen LogP contribution in [0.2, 0.25) is 5.02 Å². The van der Waals surface area contributed by atoms with Crippen molar-refractivity contribution in [3.63, 3.8) is 0 Å². The van der Waals surface area contributed by atoms with Gasteiger partial charge in [0.05, 0.1) is 5.02 Å². The molecule has 1 aromatic heterocycles. The number of hydrogen-bond donors (Lipinski definition) is 3. The third-order valence-corrected chi connectivity index (χ3v) is 4.28. The minimum atomic E-state index is -3.66. The fourth-order valence-electron chi connectivity index (χ4n) is 1.68. The number of hydrogen-bond acceptors (Lipinski definition) is 5. The molecule has 4 N–H and O–H groups in total. The predicted molar refractivity (Wildman–Crippen MR) is 65.3 cm³/mol. The van der Waals surface area contributed by atoms with Crippen molar-refractivity contribution in [1.29, 1.82) is 0 Å². The number of nitrogens with zero attached hydrogens (tertiary/aromatic N) is 1. The smallest absolute Gasteiger partial charge is 0.244 e. The van der Waals surface area contributed by atoms with Crippen molar-refractivity contribution < 1.29 is 8.42 Å². The maximum atomic E-state index is 12.0. The molecule has 0 bridgehead atoms. The van der Waals surface area contributed by atoms with Crippen molar-refractivity contribution in [3.05, 3.63) is 17.3 Å². The maximum Gasteiger partial charge on any atom is 0.244 e. The zero-order chi connectivity index (χ0) is 12.5. The highest BCUT2D eigenvalue weighted by atomic mass is 35.5. The maximum absolute atomic E-state index is 12.0. The quantitative estimate of drug-likeness (QED) is 0.720. The van der Waals surface area contributed by atoms with Crippen LogP contribution >= 0.6 is 11.6 Å². The summed E-state index contributed by atoms with van der Waals surface area (Å²) in [6.07, 6.45) is 2.07. The minimum Gasteiger partial charge on any atom is -0.383 e. The number of nitrogen functional groups attached to an aromatic ring is 1. The van der Waals surface area contributed by atoms with Gasteiger partial charge in [-0.15, -0.1) is 0 Å². The molecule has 6 nitrogen and oxygen atoms in total. The van der Waals surface area contributed by atoms with Crippen LogP contribution in [-0.2, 0) is 10.0 Å². The predicted octanol–water partition coefficient (Wildman–Crippen LogP) is -0.0426. The van der Waals surface area contributed by atoms with Crippen LogP contribution in [0.5, 0.6) is 0 Å². The van der Waals surface area contributed by atoms with Gasteiger partial charge in [0.25, 0.3) is 0 Å². The van der Waals surface area contributed by atoms with Gasteiger partial charge in [0.2, 0.25) is 10.0 Å². The number of nitrogens with two attached hydrogens (primary N) is 1. The van der Waals surface area contributed by atoms with Gasteiger partial charge >= 0.3 is 0 Å². The molecule has 0 radical (unpaired) electrons. The van der Waals surface area contributed by atoms with Gasteiger partial charge in [-0.25, -0.2) is 18.1 Å². The molecule has 2 rings (SSSR count). The summed E-state index contributed by atoms with van der Waals surface area (Å²) in [6, 6.07) is 1.19. The van der Waals surface area contributed by atoms with Crippen molar-refractivity contribution in [2.45, 2.75) is 17.4 Å². The Kier molecular flexibility index (Phi) is 3.53. The molecule has 0 amide bonds. The standard InChI is InChI=1S/C9H13ClN4O2S/c10-6-3-8(9(11)13-4-6)17(15,16)14-7-1-2-12-5-7/h3-4,7,12,14H,1-2,5H2,(H2,11,13)/t7-/m0/s1. The summed E-state index contributed by atoms with van der Waals surface area (Å²) in [5.74, 6) is -0.0483. The van der Waals surface area contributed by atoms with Gasteiger partial charge < -0.3 is 11.1 Å². The van der Waals surface area contributed by atoms with Crippen molar-refractivity contribution in [3.8, 4) is 0 Å². The van der Waals surface area contributed by atoms with Crippen LogP contribution in [0.25, 0.3) is 0 Å². The minimum absolute atomic E-state index is 0.0483. The molecule has 0 aliphatic carbocycles. The molecule has 1 aromatic rings. The van der Waals surface area contributed by atoms with E-state index in [-0.39, 0.29) is 21.8 Å². The van der Waals surface area contributed by atoms with Gasteiger partial charge in [-0.2, -0.15) is 0 Å². The lowest BCUT2D eigenvalue weighted by Crippen LogP contribution is -2.36. The second kappa shape index (κ2) is 4.77. The summed E-state index contributed by atoms with van der Waals surface area (Å²) >= 11 is 5.72. The first-order chi connectivity index (χ1) is 7.99.